The minimum absolute atomic E-state index is 0.0704. The van der Waals surface area contributed by atoms with Crippen LogP contribution in [0, 0.1) is 0 Å². The average molecular weight is 233 g/mol. The van der Waals surface area contributed by atoms with Gasteiger partial charge in [-0.15, -0.1) is 0 Å². The zero-order valence-corrected chi connectivity index (χ0v) is 10.7. The molecule has 0 atom stereocenters. The van der Waals surface area contributed by atoms with Crippen LogP contribution in [-0.2, 0) is 6.42 Å². The number of para-hydroxylation sites is 1. The molecule has 1 aromatic rings. The molecular formula is C15H23NO. The molecule has 17 heavy (non-hydrogen) atoms. The van der Waals surface area contributed by atoms with Crippen molar-refractivity contribution in [1.29, 1.82) is 0 Å². The van der Waals surface area contributed by atoms with Crippen molar-refractivity contribution >= 4 is 5.69 Å². The Labute approximate surface area is 104 Å². The first-order chi connectivity index (χ1) is 8.29. The second kappa shape index (κ2) is 6.06. The minimum Gasteiger partial charge on any atom is -0.393 e. The number of aliphatic hydroxyl groups excluding tert-OH is 1. The largest absolute Gasteiger partial charge is 0.393 e. The van der Waals surface area contributed by atoms with Gasteiger partial charge in [0.25, 0.3) is 0 Å². The van der Waals surface area contributed by atoms with Crippen LogP contribution < -0.4 is 5.32 Å². The van der Waals surface area contributed by atoms with Gasteiger partial charge in [0.2, 0.25) is 0 Å². The highest BCUT2D eigenvalue weighted by Crippen LogP contribution is 2.24. The van der Waals surface area contributed by atoms with Gasteiger partial charge in [-0.05, 0) is 43.7 Å². The van der Waals surface area contributed by atoms with Crippen molar-refractivity contribution in [2.24, 2.45) is 0 Å². The highest BCUT2D eigenvalue weighted by Gasteiger charge is 2.19. The number of aryl methyl sites for hydroxylation is 1. The molecule has 0 aliphatic heterocycles. The summed E-state index contributed by atoms with van der Waals surface area (Å²) in [7, 11) is 0. The predicted molar refractivity (Wildman–Crippen MR) is 72.3 cm³/mol. The summed E-state index contributed by atoms with van der Waals surface area (Å²) in [6, 6.07) is 9.14. The van der Waals surface area contributed by atoms with E-state index in [0.29, 0.717) is 6.04 Å². The van der Waals surface area contributed by atoms with Crippen molar-refractivity contribution in [1.82, 2.24) is 0 Å². The van der Waals surface area contributed by atoms with Gasteiger partial charge < -0.3 is 10.4 Å². The van der Waals surface area contributed by atoms with E-state index in [1.54, 1.807) is 0 Å². The highest BCUT2D eigenvalue weighted by atomic mass is 16.3. The van der Waals surface area contributed by atoms with Crippen LogP contribution in [0.25, 0.3) is 0 Å². The van der Waals surface area contributed by atoms with Crippen molar-refractivity contribution in [2.45, 2.75) is 57.6 Å². The molecule has 0 spiro atoms. The monoisotopic (exact) mass is 233 g/mol. The van der Waals surface area contributed by atoms with E-state index in [4.69, 9.17) is 0 Å². The lowest BCUT2D eigenvalue weighted by Gasteiger charge is -2.28. The Morgan fingerprint density at radius 1 is 1.18 bits per heavy atom. The maximum Gasteiger partial charge on any atom is 0.0541 e. The first kappa shape index (κ1) is 12.4. The van der Waals surface area contributed by atoms with E-state index in [1.165, 1.54) is 17.7 Å². The highest BCUT2D eigenvalue weighted by molar-refractivity contribution is 5.51. The normalized spacial score (nSPS) is 24.6. The molecule has 2 rings (SSSR count). The number of hydrogen-bond donors (Lipinski definition) is 2. The second-order valence-corrected chi connectivity index (χ2v) is 5.06. The summed E-state index contributed by atoms with van der Waals surface area (Å²) < 4.78 is 0. The molecule has 1 saturated carbocycles. The molecule has 1 aliphatic carbocycles. The fourth-order valence-electron chi connectivity index (χ4n) is 2.59. The van der Waals surface area contributed by atoms with Crippen molar-refractivity contribution < 1.29 is 5.11 Å². The summed E-state index contributed by atoms with van der Waals surface area (Å²) in [4.78, 5) is 0. The zero-order chi connectivity index (χ0) is 12.1. The lowest BCUT2D eigenvalue weighted by Crippen LogP contribution is -2.28. The van der Waals surface area contributed by atoms with Crippen LogP contribution in [0.4, 0.5) is 5.69 Å². The fraction of sp³-hybridized carbons (Fsp3) is 0.600. The number of anilines is 1. The van der Waals surface area contributed by atoms with E-state index in [2.05, 4.69) is 36.5 Å². The predicted octanol–water partition coefficient (Wildman–Crippen LogP) is 3.35. The smallest absolute Gasteiger partial charge is 0.0541 e. The summed E-state index contributed by atoms with van der Waals surface area (Å²) >= 11 is 0. The Morgan fingerprint density at radius 2 is 1.88 bits per heavy atom. The molecule has 0 heterocycles. The molecule has 0 unspecified atom stereocenters. The summed E-state index contributed by atoms with van der Waals surface area (Å²) in [5.41, 5.74) is 2.71. The van der Waals surface area contributed by atoms with Crippen LogP contribution in [0.5, 0.6) is 0 Å². The molecule has 1 fully saturated rings. The molecule has 0 radical (unpaired) electrons. The summed E-state index contributed by atoms with van der Waals surface area (Å²) in [6.45, 7) is 2.22. The quantitative estimate of drug-likeness (QED) is 0.836. The molecule has 94 valence electrons. The SMILES string of the molecule is CCCc1ccccc1NC1CCC(O)CC1. The molecule has 1 aromatic carbocycles. The Balaban J connectivity index is 1.98. The van der Waals surface area contributed by atoms with Gasteiger partial charge in [0.05, 0.1) is 6.10 Å². The third-order valence-electron chi connectivity index (χ3n) is 3.59. The Kier molecular flexibility index (Phi) is 4.43. The van der Waals surface area contributed by atoms with Crippen molar-refractivity contribution in [3.05, 3.63) is 29.8 Å². The molecule has 0 saturated heterocycles. The maximum absolute atomic E-state index is 9.50. The van der Waals surface area contributed by atoms with Gasteiger partial charge in [0, 0.05) is 11.7 Å². The summed E-state index contributed by atoms with van der Waals surface area (Å²) in [6.07, 6.45) is 6.30. The third kappa shape index (κ3) is 3.47. The minimum atomic E-state index is -0.0704. The zero-order valence-electron chi connectivity index (χ0n) is 10.7. The van der Waals surface area contributed by atoms with E-state index in [9.17, 15) is 5.11 Å². The van der Waals surface area contributed by atoms with Crippen molar-refractivity contribution in [3.8, 4) is 0 Å². The van der Waals surface area contributed by atoms with Gasteiger partial charge in [-0.3, -0.25) is 0 Å². The van der Waals surface area contributed by atoms with Crippen LogP contribution in [0.2, 0.25) is 0 Å². The van der Waals surface area contributed by atoms with E-state index >= 15 is 0 Å². The van der Waals surface area contributed by atoms with Crippen LogP contribution in [0.15, 0.2) is 24.3 Å². The number of rotatable bonds is 4. The molecule has 1 aliphatic rings. The molecule has 0 amide bonds. The van der Waals surface area contributed by atoms with Crippen LogP contribution in [0.1, 0.15) is 44.6 Å². The van der Waals surface area contributed by atoms with Gasteiger partial charge in [0.1, 0.15) is 0 Å². The lowest BCUT2D eigenvalue weighted by molar-refractivity contribution is 0.126. The van der Waals surface area contributed by atoms with E-state index in [1.807, 2.05) is 0 Å². The standard InChI is InChI=1S/C15H23NO/c1-2-5-12-6-3-4-7-15(12)16-13-8-10-14(17)11-9-13/h3-4,6-7,13-14,16-17H,2,5,8-11H2,1H3. The van der Waals surface area contributed by atoms with Gasteiger partial charge in [-0.1, -0.05) is 31.5 Å². The van der Waals surface area contributed by atoms with Crippen molar-refractivity contribution in [3.63, 3.8) is 0 Å². The Hall–Kier alpha value is -1.02. The Morgan fingerprint density at radius 3 is 2.59 bits per heavy atom. The van der Waals surface area contributed by atoms with Crippen molar-refractivity contribution in [2.75, 3.05) is 5.32 Å². The van der Waals surface area contributed by atoms with Crippen LogP contribution in [0.3, 0.4) is 0 Å². The van der Waals surface area contributed by atoms with Gasteiger partial charge in [-0.2, -0.15) is 0 Å². The van der Waals surface area contributed by atoms with Gasteiger partial charge >= 0.3 is 0 Å². The number of nitrogens with one attached hydrogen (secondary N) is 1. The lowest BCUT2D eigenvalue weighted by atomic mass is 9.92. The second-order valence-electron chi connectivity index (χ2n) is 5.06. The molecule has 0 aromatic heterocycles. The number of aliphatic hydroxyl groups is 1. The van der Waals surface area contributed by atoms with E-state index in [0.717, 1.165) is 32.1 Å². The topological polar surface area (TPSA) is 32.3 Å². The first-order valence-corrected chi connectivity index (χ1v) is 6.82. The summed E-state index contributed by atoms with van der Waals surface area (Å²) in [5, 5.41) is 13.1. The van der Waals surface area contributed by atoms with Gasteiger partial charge in [-0.25, -0.2) is 0 Å². The Bertz CT molecular complexity index is 343. The number of benzene rings is 1. The molecule has 0 bridgehead atoms. The van der Waals surface area contributed by atoms with Crippen LogP contribution >= 0.6 is 0 Å². The maximum atomic E-state index is 9.50. The summed E-state index contributed by atoms with van der Waals surface area (Å²) in [5.74, 6) is 0. The molecule has 2 N–H and O–H groups in total. The van der Waals surface area contributed by atoms with Crippen LogP contribution in [-0.4, -0.2) is 17.3 Å². The fourth-order valence-corrected chi connectivity index (χ4v) is 2.59. The molecule has 2 nitrogen and oxygen atoms in total. The average Bonchev–Trinajstić information content (AvgIpc) is 2.35. The number of hydrogen-bond acceptors (Lipinski definition) is 2. The van der Waals surface area contributed by atoms with Gasteiger partial charge in [0.15, 0.2) is 0 Å². The first-order valence-electron chi connectivity index (χ1n) is 6.82. The van der Waals surface area contributed by atoms with E-state index in [-0.39, 0.29) is 6.10 Å². The molecule has 2 heteroatoms. The molecular weight excluding hydrogens is 210 g/mol. The third-order valence-corrected chi connectivity index (χ3v) is 3.59. The van der Waals surface area contributed by atoms with E-state index < -0.39 is 0 Å².